The van der Waals surface area contributed by atoms with Crippen LogP contribution in [-0.2, 0) is 11.3 Å². The van der Waals surface area contributed by atoms with Crippen LogP contribution in [0.2, 0.25) is 0 Å². The van der Waals surface area contributed by atoms with Gasteiger partial charge < -0.3 is 14.6 Å². The average molecular weight is 196 g/mol. The van der Waals surface area contributed by atoms with E-state index in [1.165, 1.54) is 0 Å². The predicted octanol–water partition coefficient (Wildman–Crippen LogP) is 0.847. The molecule has 0 spiro atoms. The monoisotopic (exact) mass is 196 g/mol. The lowest BCUT2D eigenvalue weighted by atomic mass is 10.3. The fourth-order valence-electron chi connectivity index (χ4n) is 1.23. The number of hydrogen-bond donors (Lipinski definition) is 1. The van der Waals surface area contributed by atoms with Gasteiger partial charge in [-0.05, 0) is 26.1 Å². The molecule has 4 heteroatoms. The van der Waals surface area contributed by atoms with Crippen molar-refractivity contribution < 1.29 is 9.21 Å². The molecule has 1 aromatic rings. The second kappa shape index (κ2) is 5.44. The molecule has 1 N–H and O–H groups in total. The van der Waals surface area contributed by atoms with Gasteiger partial charge in [-0.3, -0.25) is 4.79 Å². The van der Waals surface area contributed by atoms with E-state index in [0.717, 1.165) is 5.76 Å². The van der Waals surface area contributed by atoms with Crippen LogP contribution in [0.3, 0.4) is 0 Å². The van der Waals surface area contributed by atoms with E-state index in [9.17, 15) is 4.79 Å². The summed E-state index contributed by atoms with van der Waals surface area (Å²) in [6, 6.07) is 3.70. The number of nitrogens with zero attached hydrogens (tertiary/aromatic N) is 1. The van der Waals surface area contributed by atoms with Crippen molar-refractivity contribution in [3.63, 3.8) is 0 Å². The minimum absolute atomic E-state index is 0.0893. The van der Waals surface area contributed by atoms with Crippen LogP contribution in [-0.4, -0.2) is 30.9 Å². The first-order chi connectivity index (χ1) is 6.77. The normalized spacial score (nSPS) is 10.1. The van der Waals surface area contributed by atoms with Gasteiger partial charge in [-0.15, -0.1) is 0 Å². The van der Waals surface area contributed by atoms with Crippen LogP contribution in [0.15, 0.2) is 22.8 Å². The van der Waals surface area contributed by atoms with E-state index in [-0.39, 0.29) is 5.91 Å². The maximum absolute atomic E-state index is 11.5. The summed E-state index contributed by atoms with van der Waals surface area (Å²) >= 11 is 0. The van der Waals surface area contributed by atoms with E-state index in [1.54, 1.807) is 18.2 Å². The fraction of sp³-hybridized carbons (Fsp3) is 0.500. The molecule has 0 saturated carbocycles. The third kappa shape index (κ3) is 2.88. The molecule has 1 amide bonds. The summed E-state index contributed by atoms with van der Waals surface area (Å²) in [6.45, 7) is 3.57. The number of nitrogens with one attached hydrogen (secondary N) is 1. The van der Waals surface area contributed by atoms with Crippen molar-refractivity contribution in [1.29, 1.82) is 0 Å². The highest BCUT2D eigenvalue weighted by molar-refractivity contribution is 5.78. The van der Waals surface area contributed by atoms with E-state index in [0.29, 0.717) is 19.6 Å². The summed E-state index contributed by atoms with van der Waals surface area (Å²) in [4.78, 5) is 13.3. The predicted molar refractivity (Wildman–Crippen MR) is 53.7 cm³/mol. The molecule has 4 nitrogen and oxygen atoms in total. The number of hydrogen-bond acceptors (Lipinski definition) is 3. The molecular formula is C10H16N2O2. The van der Waals surface area contributed by atoms with Crippen LogP contribution >= 0.6 is 0 Å². The molecule has 0 unspecified atom stereocenters. The van der Waals surface area contributed by atoms with Crippen molar-refractivity contribution in [3.05, 3.63) is 24.2 Å². The molecule has 1 aromatic heterocycles. The molecule has 0 aliphatic rings. The minimum atomic E-state index is 0.0893. The first-order valence-corrected chi connectivity index (χ1v) is 4.72. The molecule has 0 aromatic carbocycles. The molecule has 14 heavy (non-hydrogen) atoms. The van der Waals surface area contributed by atoms with E-state index in [2.05, 4.69) is 5.32 Å². The van der Waals surface area contributed by atoms with Gasteiger partial charge in [-0.1, -0.05) is 0 Å². The molecule has 0 aliphatic heterocycles. The summed E-state index contributed by atoms with van der Waals surface area (Å²) in [5.74, 6) is 0.905. The molecule has 0 atom stereocenters. The van der Waals surface area contributed by atoms with Crippen molar-refractivity contribution in [1.82, 2.24) is 10.2 Å². The first-order valence-electron chi connectivity index (χ1n) is 4.72. The number of carbonyl (C=O) groups excluding carboxylic acids is 1. The van der Waals surface area contributed by atoms with Gasteiger partial charge in [0.05, 0.1) is 19.4 Å². The van der Waals surface area contributed by atoms with Gasteiger partial charge in [0.25, 0.3) is 0 Å². The zero-order chi connectivity index (χ0) is 10.4. The lowest BCUT2D eigenvalue weighted by Crippen LogP contribution is -2.36. The van der Waals surface area contributed by atoms with Crippen molar-refractivity contribution in [2.24, 2.45) is 0 Å². The Hall–Kier alpha value is -1.29. The summed E-state index contributed by atoms with van der Waals surface area (Å²) in [7, 11) is 1.76. The third-order valence-corrected chi connectivity index (χ3v) is 1.99. The Morgan fingerprint density at radius 1 is 1.64 bits per heavy atom. The van der Waals surface area contributed by atoms with Crippen molar-refractivity contribution >= 4 is 5.91 Å². The van der Waals surface area contributed by atoms with E-state index in [1.807, 2.05) is 19.1 Å². The van der Waals surface area contributed by atoms with Crippen LogP contribution in [0.25, 0.3) is 0 Å². The van der Waals surface area contributed by atoms with Crippen LogP contribution < -0.4 is 5.32 Å². The highest BCUT2D eigenvalue weighted by atomic mass is 16.3. The number of carbonyl (C=O) groups is 1. The van der Waals surface area contributed by atoms with Gasteiger partial charge in [-0.2, -0.15) is 0 Å². The lowest BCUT2D eigenvalue weighted by molar-refractivity contribution is -0.130. The minimum Gasteiger partial charge on any atom is -0.467 e. The Balaban J connectivity index is 2.50. The molecule has 1 rings (SSSR count). The summed E-state index contributed by atoms with van der Waals surface area (Å²) in [5.41, 5.74) is 0. The molecular weight excluding hydrogens is 180 g/mol. The quantitative estimate of drug-likeness (QED) is 0.759. The van der Waals surface area contributed by atoms with E-state index >= 15 is 0 Å². The summed E-state index contributed by atoms with van der Waals surface area (Å²) < 4.78 is 5.18. The molecule has 78 valence electrons. The molecule has 0 bridgehead atoms. The maximum Gasteiger partial charge on any atom is 0.236 e. The largest absolute Gasteiger partial charge is 0.467 e. The van der Waals surface area contributed by atoms with Gasteiger partial charge in [0, 0.05) is 6.54 Å². The SMILES string of the molecule is CCN(Cc1ccco1)C(=O)CNC. The molecule has 1 heterocycles. The fourth-order valence-corrected chi connectivity index (χ4v) is 1.23. The standard InChI is InChI=1S/C10H16N2O2/c1-3-12(10(13)7-11-2)8-9-5-4-6-14-9/h4-6,11H,3,7-8H2,1-2H3. The molecule has 0 fully saturated rings. The van der Waals surface area contributed by atoms with Gasteiger partial charge >= 0.3 is 0 Å². The third-order valence-electron chi connectivity index (χ3n) is 1.99. The molecule has 0 aliphatic carbocycles. The lowest BCUT2D eigenvalue weighted by Gasteiger charge is -2.19. The number of likely N-dealkylation sites (N-methyl/N-ethyl adjacent to an activating group) is 2. The Labute approximate surface area is 83.9 Å². The Morgan fingerprint density at radius 2 is 2.43 bits per heavy atom. The van der Waals surface area contributed by atoms with Gasteiger partial charge in [0.2, 0.25) is 5.91 Å². The zero-order valence-electron chi connectivity index (χ0n) is 8.62. The number of rotatable bonds is 5. The summed E-state index contributed by atoms with van der Waals surface area (Å²) in [6.07, 6.45) is 1.62. The smallest absolute Gasteiger partial charge is 0.236 e. The topological polar surface area (TPSA) is 45.5 Å². The Kier molecular flexibility index (Phi) is 4.19. The van der Waals surface area contributed by atoms with Gasteiger partial charge in [0.1, 0.15) is 5.76 Å². The van der Waals surface area contributed by atoms with Crippen LogP contribution in [0.4, 0.5) is 0 Å². The van der Waals surface area contributed by atoms with Crippen molar-refractivity contribution in [2.75, 3.05) is 20.1 Å². The van der Waals surface area contributed by atoms with Gasteiger partial charge in [-0.25, -0.2) is 0 Å². The maximum atomic E-state index is 11.5. The highest BCUT2D eigenvalue weighted by Gasteiger charge is 2.11. The molecule has 0 saturated heterocycles. The van der Waals surface area contributed by atoms with Crippen LogP contribution in [0, 0.1) is 0 Å². The van der Waals surface area contributed by atoms with Crippen molar-refractivity contribution in [3.8, 4) is 0 Å². The Morgan fingerprint density at radius 3 is 2.93 bits per heavy atom. The Bertz CT molecular complexity index is 270. The average Bonchev–Trinajstić information content (AvgIpc) is 2.66. The second-order valence-corrected chi connectivity index (χ2v) is 3.02. The van der Waals surface area contributed by atoms with Crippen LogP contribution in [0.5, 0.6) is 0 Å². The van der Waals surface area contributed by atoms with Crippen molar-refractivity contribution in [2.45, 2.75) is 13.5 Å². The number of amides is 1. The first kappa shape index (κ1) is 10.8. The summed E-state index contributed by atoms with van der Waals surface area (Å²) in [5, 5.41) is 2.84. The second-order valence-electron chi connectivity index (χ2n) is 3.02. The number of furan rings is 1. The zero-order valence-corrected chi connectivity index (χ0v) is 8.62. The van der Waals surface area contributed by atoms with E-state index < -0.39 is 0 Å². The van der Waals surface area contributed by atoms with Gasteiger partial charge in [0.15, 0.2) is 0 Å². The highest BCUT2D eigenvalue weighted by Crippen LogP contribution is 2.04. The molecule has 0 radical (unpaired) electrons. The van der Waals surface area contributed by atoms with E-state index in [4.69, 9.17) is 4.42 Å². The van der Waals surface area contributed by atoms with Crippen LogP contribution in [0.1, 0.15) is 12.7 Å².